The maximum atomic E-state index is 12.6. The maximum Gasteiger partial charge on any atom is 0.430 e. The second-order valence-corrected chi connectivity index (χ2v) is 11.1. The Morgan fingerprint density at radius 2 is 1.37 bits per heavy atom. The van der Waals surface area contributed by atoms with E-state index in [0.717, 1.165) is 76.7 Å². The molecule has 2 amide bonds. The van der Waals surface area contributed by atoms with Crippen molar-refractivity contribution in [1.82, 2.24) is 15.5 Å². The summed E-state index contributed by atoms with van der Waals surface area (Å²) < 4.78 is 63.1. The fourth-order valence-electron chi connectivity index (χ4n) is 4.28. The zero-order valence-electron chi connectivity index (χ0n) is 26.1. The SMILES string of the molecule is NC(NCCCCCCCCN1CCCCCCCC[NH+]=C(N)NC1=O)=[NH+]CC1CCC1.O=C([O-])C(F)(F)F.O=C([O-])C(F)(F)F. The maximum absolute atomic E-state index is 12.6. The van der Waals surface area contributed by atoms with Crippen LogP contribution in [0, 0.1) is 5.92 Å². The highest BCUT2D eigenvalue weighted by atomic mass is 19.4. The van der Waals surface area contributed by atoms with Crippen molar-refractivity contribution < 1.29 is 60.9 Å². The van der Waals surface area contributed by atoms with E-state index >= 15 is 0 Å². The molecule has 2 aliphatic rings. The first-order valence-corrected chi connectivity index (χ1v) is 15.6. The Balaban J connectivity index is 0.00000120. The van der Waals surface area contributed by atoms with Gasteiger partial charge in [0.2, 0.25) is 0 Å². The van der Waals surface area contributed by atoms with Crippen molar-refractivity contribution in [3.8, 4) is 0 Å². The molecule has 46 heavy (non-hydrogen) atoms. The topological polar surface area (TPSA) is 205 Å². The number of carbonyl (C=O) groups is 3. The molecule has 1 fully saturated rings. The molecular weight excluding hydrogens is 628 g/mol. The Labute approximate surface area is 265 Å². The molecule has 0 radical (unpaired) electrons. The monoisotopic (exact) mass is 677 g/mol. The fourth-order valence-corrected chi connectivity index (χ4v) is 4.28. The van der Waals surface area contributed by atoms with Crippen molar-refractivity contribution in [2.75, 3.05) is 32.7 Å². The van der Waals surface area contributed by atoms with Crippen LogP contribution < -0.4 is 42.3 Å². The second kappa shape index (κ2) is 23.8. The highest BCUT2D eigenvalue weighted by Gasteiger charge is 2.29. The Bertz CT molecular complexity index is 921. The first-order valence-electron chi connectivity index (χ1n) is 15.6. The molecule has 0 unspecified atom stereocenters. The van der Waals surface area contributed by atoms with Gasteiger partial charge in [-0.1, -0.05) is 57.8 Å². The number of carbonyl (C=O) groups excluding carboxylic acids is 3. The highest BCUT2D eigenvalue weighted by molar-refractivity contribution is 5.92. The molecule has 1 aliphatic heterocycles. The predicted molar refractivity (Wildman–Crippen MR) is 153 cm³/mol. The van der Waals surface area contributed by atoms with E-state index in [2.05, 4.69) is 20.6 Å². The molecule has 0 bridgehead atoms. The second-order valence-electron chi connectivity index (χ2n) is 11.1. The Hall–Kier alpha value is -3.47. The van der Waals surface area contributed by atoms with E-state index in [-0.39, 0.29) is 6.03 Å². The average Bonchev–Trinajstić information content (AvgIpc) is 2.94. The minimum atomic E-state index is -5.19. The summed E-state index contributed by atoms with van der Waals surface area (Å²) in [6, 6.07) is -0.0694. The minimum Gasteiger partial charge on any atom is -0.542 e. The van der Waals surface area contributed by atoms with Gasteiger partial charge in [-0.2, -0.15) is 31.7 Å². The Kier molecular flexibility index (Phi) is 22.0. The molecule has 1 saturated carbocycles. The number of alkyl halides is 6. The third-order valence-corrected chi connectivity index (χ3v) is 7.14. The molecule has 0 saturated heterocycles. The number of nitrogens with two attached hydrogens (primary N) is 2. The molecule has 12 nitrogen and oxygen atoms in total. The molecule has 0 aromatic rings. The summed E-state index contributed by atoms with van der Waals surface area (Å²) in [4.78, 5) is 38.5. The van der Waals surface area contributed by atoms with Crippen molar-refractivity contribution in [2.24, 2.45) is 17.4 Å². The number of nitrogens with one attached hydrogen (secondary N) is 4. The fraction of sp³-hybridized carbons (Fsp3) is 0.821. The summed E-state index contributed by atoms with van der Waals surface area (Å²) in [5.74, 6) is -4.09. The number of aliphatic carboxylic acids is 2. The lowest BCUT2D eigenvalue weighted by atomic mass is 9.86. The van der Waals surface area contributed by atoms with Crippen LogP contribution in [-0.4, -0.2) is 79.9 Å². The molecule has 268 valence electrons. The molecule has 0 aromatic carbocycles. The first kappa shape index (κ1) is 42.5. The summed E-state index contributed by atoms with van der Waals surface area (Å²) >= 11 is 0. The van der Waals surface area contributed by atoms with Crippen LogP contribution in [0.5, 0.6) is 0 Å². The van der Waals surface area contributed by atoms with Crippen LogP contribution in [0.3, 0.4) is 0 Å². The third-order valence-electron chi connectivity index (χ3n) is 7.14. The molecule has 1 aliphatic carbocycles. The van der Waals surface area contributed by atoms with Gasteiger partial charge in [-0.15, -0.1) is 0 Å². The first-order chi connectivity index (χ1) is 21.5. The van der Waals surface area contributed by atoms with Gasteiger partial charge in [0.05, 0.1) is 19.6 Å². The lowest BCUT2D eigenvalue weighted by Gasteiger charge is -2.22. The van der Waals surface area contributed by atoms with Crippen LogP contribution in [-0.2, 0) is 9.59 Å². The summed E-state index contributed by atoms with van der Waals surface area (Å²) in [5.41, 5.74) is 11.9. The largest absolute Gasteiger partial charge is 0.542 e. The molecule has 0 atom stereocenters. The normalized spacial score (nSPS) is 17.2. The van der Waals surface area contributed by atoms with Crippen LogP contribution in [0.4, 0.5) is 31.1 Å². The minimum absolute atomic E-state index is 0.0694. The number of nitrogens with zero attached hydrogens (tertiary/aromatic N) is 1. The van der Waals surface area contributed by atoms with Crippen molar-refractivity contribution in [2.45, 2.75) is 109 Å². The number of urea groups is 1. The number of hydrogen-bond donors (Lipinski definition) is 6. The molecule has 8 N–H and O–H groups in total. The number of guanidine groups is 2. The van der Waals surface area contributed by atoms with Crippen LogP contribution in [0.1, 0.15) is 96.3 Å². The Morgan fingerprint density at radius 3 is 1.89 bits per heavy atom. The smallest absolute Gasteiger partial charge is 0.430 e. The van der Waals surface area contributed by atoms with Gasteiger partial charge in [0.15, 0.2) is 0 Å². The molecule has 18 heteroatoms. The van der Waals surface area contributed by atoms with Gasteiger partial charge in [0.25, 0.3) is 0 Å². The van der Waals surface area contributed by atoms with E-state index in [1.165, 1.54) is 64.2 Å². The average molecular weight is 678 g/mol. The van der Waals surface area contributed by atoms with Crippen molar-refractivity contribution in [3.05, 3.63) is 0 Å². The number of amides is 2. The molecule has 0 spiro atoms. The lowest BCUT2D eigenvalue weighted by molar-refractivity contribution is -0.472. The molecule has 0 aromatic heterocycles. The van der Waals surface area contributed by atoms with Gasteiger partial charge >= 0.3 is 30.3 Å². The van der Waals surface area contributed by atoms with Crippen molar-refractivity contribution >= 4 is 29.9 Å². The summed E-state index contributed by atoms with van der Waals surface area (Å²) in [7, 11) is 0. The van der Waals surface area contributed by atoms with Gasteiger partial charge in [-0.3, -0.25) is 26.8 Å². The number of unbranched alkanes of at least 4 members (excludes halogenated alkanes) is 5. The highest BCUT2D eigenvalue weighted by Crippen LogP contribution is 2.23. The van der Waals surface area contributed by atoms with Gasteiger partial charge in [-0.25, -0.2) is 4.79 Å². The van der Waals surface area contributed by atoms with E-state index in [9.17, 15) is 31.1 Å². The van der Waals surface area contributed by atoms with Gasteiger partial charge in [0, 0.05) is 13.1 Å². The number of halogens is 6. The van der Waals surface area contributed by atoms with Crippen LogP contribution in [0.15, 0.2) is 0 Å². The van der Waals surface area contributed by atoms with E-state index in [1.54, 1.807) is 0 Å². The molecule has 1 heterocycles. The lowest BCUT2D eigenvalue weighted by Crippen LogP contribution is -2.80. The van der Waals surface area contributed by atoms with Gasteiger partial charge in [-0.05, 0) is 44.4 Å². The van der Waals surface area contributed by atoms with E-state index in [1.807, 2.05) is 4.90 Å². The van der Waals surface area contributed by atoms with Gasteiger partial charge < -0.3 is 24.7 Å². The summed E-state index contributed by atoms with van der Waals surface area (Å²) in [6.07, 6.45) is 7.77. The standard InChI is InChI=1S/C24H47N7O.2C2HF3O2/c25-22(29-20-21-14-13-15-21)27-16-9-5-1-3-7-11-18-31-19-12-8-4-2-6-10-17-28-23(26)30-24(31)32;2*3-2(4,5)1(6)7/h21H,1-20H2,(H3,25,27,29)(H3,26,28,30,32);2*(H,6,7). The van der Waals surface area contributed by atoms with Crippen LogP contribution in [0.2, 0.25) is 0 Å². The van der Waals surface area contributed by atoms with E-state index in [4.69, 9.17) is 31.3 Å². The van der Waals surface area contributed by atoms with E-state index < -0.39 is 24.3 Å². The van der Waals surface area contributed by atoms with Gasteiger partial charge in [0.1, 0.15) is 11.9 Å². The van der Waals surface area contributed by atoms with Crippen LogP contribution >= 0.6 is 0 Å². The number of carboxylic acids is 2. The van der Waals surface area contributed by atoms with Crippen molar-refractivity contribution in [1.29, 1.82) is 0 Å². The van der Waals surface area contributed by atoms with Crippen molar-refractivity contribution in [3.63, 3.8) is 0 Å². The summed E-state index contributed by atoms with van der Waals surface area (Å²) in [6.45, 7) is 4.39. The molecule has 2 rings (SSSR count). The van der Waals surface area contributed by atoms with E-state index in [0.29, 0.717) is 5.96 Å². The zero-order chi connectivity index (χ0) is 35.0. The molecular formula is C28H49F6N7O5. The number of carboxylic acid groups (broad SMARTS) is 2. The summed E-state index contributed by atoms with van der Waals surface area (Å²) in [5, 5.41) is 23.7. The quantitative estimate of drug-likeness (QED) is 0.0654. The predicted octanol–water partition coefficient (Wildman–Crippen LogP) is -1.53. The zero-order valence-corrected chi connectivity index (χ0v) is 26.1. The number of hydrogen-bond acceptors (Lipinski definition) is 6. The third kappa shape index (κ3) is 23.9. The van der Waals surface area contributed by atoms with Crippen LogP contribution in [0.25, 0.3) is 0 Å². The number of rotatable bonds is 11. The Morgan fingerprint density at radius 1 is 0.870 bits per heavy atom.